The van der Waals surface area contributed by atoms with Gasteiger partial charge >= 0.3 is 0 Å². The molecule has 1 aromatic carbocycles. The zero-order valence-electron chi connectivity index (χ0n) is 13.1. The Balaban J connectivity index is 2.41. The molecule has 0 saturated carbocycles. The first-order chi connectivity index (χ1) is 9.76. The van der Waals surface area contributed by atoms with E-state index in [4.69, 9.17) is 0 Å². The predicted molar refractivity (Wildman–Crippen MR) is 93.3 cm³/mol. The molecule has 0 aliphatic carbocycles. The fourth-order valence-electron chi connectivity index (χ4n) is 2.57. The highest BCUT2D eigenvalue weighted by molar-refractivity contribution is 9.10. The molecule has 0 aliphatic rings. The van der Waals surface area contributed by atoms with E-state index in [-0.39, 0.29) is 0 Å². The van der Waals surface area contributed by atoms with Crippen molar-refractivity contribution in [3.05, 3.63) is 34.3 Å². The molecule has 1 rings (SSSR count). The van der Waals surface area contributed by atoms with Gasteiger partial charge in [-0.3, -0.25) is 0 Å². The summed E-state index contributed by atoms with van der Waals surface area (Å²) in [5, 5.41) is 3.60. The van der Waals surface area contributed by atoms with Gasteiger partial charge in [0, 0.05) is 4.47 Å². The molecule has 0 radical (unpaired) electrons. The molecule has 0 bridgehead atoms. The van der Waals surface area contributed by atoms with Crippen LogP contribution in [0.1, 0.15) is 57.9 Å². The van der Waals surface area contributed by atoms with Gasteiger partial charge in [0.2, 0.25) is 0 Å². The second-order valence-corrected chi connectivity index (χ2v) is 6.67. The van der Waals surface area contributed by atoms with Gasteiger partial charge in [0.1, 0.15) is 0 Å². The van der Waals surface area contributed by atoms with Crippen molar-refractivity contribution in [2.45, 2.75) is 58.8 Å². The van der Waals surface area contributed by atoms with Crippen molar-refractivity contribution in [1.82, 2.24) is 5.32 Å². The van der Waals surface area contributed by atoms with Crippen LogP contribution in [0.25, 0.3) is 0 Å². The lowest BCUT2D eigenvalue weighted by Crippen LogP contribution is -2.25. The first-order valence-electron chi connectivity index (χ1n) is 8.21. The topological polar surface area (TPSA) is 12.0 Å². The molecule has 2 heteroatoms. The Kier molecular flexibility index (Phi) is 10.0. The van der Waals surface area contributed by atoms with Crippen LogP contribution >= 0.6 is 15.9 Å². The average molecular weight is 340 g/mol. The van der Waals surface area contributed by atoms with Crippen LogP contribution in [0.2, 0.25) is 0 Å². The van der Waals surface area contributed by atoms with Crippen LogP contribution < -0.4 is 5.32 Å². The van der Waals surface area contributed by atoms with Gasteiger partial charge in [-0.2, -0.15) is 0 Å². The maximum atomic E-state index is 3.60. The third kappa shape index (κ3) is 8.06. The molecule has 1 atom stereocenters. The minimum atomic E-state index is 0.777. The van der Waals surface area contributed by atoms with Crippen LogP contribution in [0.15, 0.2) is 28.7 Å². The molecule has 0 spiro atoms. The van der Waals surface area contributed by atoms with Gasteiger partial charge in [-0.1, -0.05) is 67.6 Å². The van der Waals surface area contributed by atoms with Gasteiger partial charge in [0.25, 0.3) is 0 Å². The number of unbranched alkanes of at least 4 members (excludes halogenated alkanes) is 3. The minimum Gasteiger partial charge on any atom is -0.316 e. The SMILES string of the molecule is CCCCCCC(CNCCC)Cc1ccc(Br)cc1. The molecule has 0 fully saturated rings. The summed E-state index contributed by atoms with van der Waals surface area (Å²) in [5.74, 6) is 0.777. The Morgan fingerprint density at radius 1 is 1.00 bits per heavy atom. The van der Waals surface area contributed by atoms with Gasteiger partial charge in [0.05, 0.1) is 0 Å². The van der Waals surface area contributed by atoms with Crippen molar-refractivity contribution in [3.63, 3.8) is 0 Å². The third-order valence-corrected chi connectivity index (χ3v) is 4.29. The van der Waals surface area contributed by atoms with E-state index < -0.39 is 0 Å². The van der Waals surface area contributed by atoms with Crippen LogP contribution in [-0.4, -0.2) is 13.1 Å². The maximum absolute atomic E-state index is 3.60. The Labute approximate surface area is 133 Å². The standard InChI is InChI=1S/C18H30BrN/c1-3-5-6-7-8-17(15-20-13-4-2)14-16-9-11-18(19)12-10-16/h9-12,17,20H,3-8,13-15H2,1-2H3. The fourth-order valence-corrected chi connectivity index (χ4v) is 2.84. The molecule has 0 aliphatic heterocycles. The van der Waals surface area contributed by atoms with E-state index in [0.717, 1.165) is 19.0 Å². The van der Waals surface area contributed by atoms with Crippen molar-refractivity contribution >= 4 is 15.9 Å². The minimum absolute atomic E-state index is 0.777. The van der Waals surface area contributed by atoms with E-state index in [1.807, 2.05) is 0 Å². The van der Waals surface area contributed by atoms with Crippen molar-refractivity contribution in [2.24, 2.45) is 5.92 Å². The second kappa shape index (κ2) is 11.3. The van der Waals surface area contributed by atoms with Crippen LogP contribution in [0.4, 0.5) is 0 Å². The Bertz CT molecular complexity index is 334. The highest BCUT2D eigenvalue weighted by Crippen LogP contribution is 2.18. The third-order valence-electron chi connectivity index (χ3n) is 3.76. The van der Waals surface area contributed by atoms with Gasteiger partial charge < -0.3 is 5.32 Å². The normalized spacial score (nSPS) is 12.6. The maximum Gasteiger partial charge on any atom is 0.0175 e. The van der Waals surface area contributed by atoms with Gasteiger partial charge in [-0.15, -0.1) is 0 Å². The van der Waals surface area contributed by atoms with Gasteiger partial charge in [-0.25, -0.2) is 0 Å². The molecule has 1 nitrogen and oxygen atoms in total. The Morgan fingerprint density at radius 3 is 2.40 bits per heavy atom. The molecular weight excluding hydrogens is 310 g/mol. The molecule has 114 valence electrons. The van der Waals surface area contributed by atoms with E-state index in [2.05, 4.69) is 59.4 Å². The molecule has 0 saturated heterocycles. The summed E-state index contributed by atoms with van der Waals surface area (Å²) in [7, 11) is 0. The van der Waals surface area contributed by atoms with Crippen molar-refractivity contribution in [2.75, 3.05) is 13.1 Å². The molecule has 20 heavy (non-hydrogen) atoms. The summed E-state index contributed by atoms with van der Waals surface area (Å²) < 4.78 is 1.17. The van der Waals surface area contributed by atoms with Gasteiger partial charge in [-0.05, 0) is 56.0 Å². The fraction of sp³-hybridized carbons (Fsp3) is 0.667. The van der Waals surface area contributed by atoms with Crippen molar-refractivity contribution < 1.29 is 0 Å². The Hall–Kier alpha value is -0.340. The number of rotatable bonds is 11. The molecule has 0 amide bonds. The zero-order chi connectivity index (χ0) is 14.6. The van der Waals surface area contributed by atoms with Crippen LogP contribution in [0.5, 0.6) is 0 Å². The first kappa shape index (κ1) is 17.7. The first-order valence-corrected chi connectivity index (χ1v) is 9.00. The quantitative estimate of drug-likeness (QED) is 0.519. The van der Waals surface area contributed by atoms with E-state index >= 15 is 0 Å². The molecule has 1 N–H and O–H groups in total. The lowest BCUT2D eigenvalue weighted by atomic mass is 9.93. The summed E-state index contributed by atoms with van der Waals surface area (Å²) in [6, 6.07) is 8.82. The van der Waals surface area contributed by atoms with Gasteiger partial charge in [0.15, 0.2) is 0 Å². The average Bonchev–Trinajstić information content (AvgIpc) is 2.46. The largest absolute Gasteiger partial charge is 0.316 e. The molecular formula is C18H30BrN. The highest BCUT2D eigenvalue weighted by Gasteiger charge is 2.09. The van der Waals surface area contributed by atoms with Crippen molar-refractivity contribution in [3.8, 4) is 0 Å². The highest BCUT2D eigenvalue weighted by atomic mass is 79.9. The van der Waals surface area contributed by atoms with Crippen LogP contribution in [0.3, 0.4) is 0 Å². The van der Waals surface area contributed by atoms with Crippen LogP contribution in [0, 0.1) is 5.92 Å². The van der Waals surface area contributed by atoms with E-state index in [9.17, 15) is 0 Å². The Morgan fingerprint density at radius 2 is 1.75 bits per heavy atom. The molecule has 1 aromatic rings. The monoisotopic (exact) mass is 339 g/mol. The summed E-state index contributed by atoms with van der Waals surface area (Å²) in [6.45, 7) is 6.82. The smallest absolute Gasteiger partial charge is 0.0175 e. The van der Waals surface area contributed by atoms with Crippen LogP contribution in [-0.2, 0) is 6.42 Å². The van der Waals surface area contributed by atoms with Crippen molar-refractivity contribution in [1.29, 1.82) is 0 Å². The number of nitrogens with one attached hydrogen (secondary N) is 1. The number of halogens is 1. The molecule has 0 aromatic heterocycles. The lowest BCUT2D eigenvalue weighted by molar-refractivity contribution is 0.421. The summed E-state index contributed by atoms with van der Waals surface area (Å²) >= 11 is 3.51. The predicted octanol–water partition coefficient (Wildman–Crippen LogP) is 5.58. The van der Waals surface area contributed by atoms with E-state index in [1.165, 1.54) is 55.0 Å². The van der Waals surface area contributed by atoms with E-state index in [0.29, 0.717) is 0 Å². The second-order valence-electron chi connectivity index (χ2n) is 5.75. The lowest BCUT2D eigenvalue weighted by Gasteiger charge is -2.18. The molecule has 0 heterocycles. The zero-order valence-corrected chi connectivity index (χ0v) is 14.7. The summed E-state index contributed by atoms with van der Waals surface area (Å²) in [4.78, 5) is 0. The number of hydrogen-bond donors (Lipinski definition) is 1. The number of hydrogen-bond acceptors (Lipinski definition) is 1. The summed E-state index contributed by atoms with van der Waals surface area (Å²) in [5.41, 5.74) is 1.46. The molecule has 1 unspecified atom stereocenters. The van der Waals surface area contributed by atoms with E-state index in [1.54, 1.807) is 0 Å². The number of benzene rings is 1. The summed E-state index contributed by atoms with van der Waals surface area (Å²) in [6.07, 6.45) is 9.26.